The van der Waals surface area contributed by atoms with Gasteiger partial charge in [-0.3, -0.25) is 4.79 Å². The Labute approximate surface area is 149 Å². The number of anilines is 1. The van der Waals surface area contributed by atoms with Crippen molar-refractivity contribution in [3.8, 4) is 6.07 Å². The third-order valence-corrected chi connectivity index (χ3v) is 6.26. The lowest BCUT2D eigenvalue weighted by atomic mass is 9.96. The molecule has 2 aromatic heterocycles. The zero-order valence-electron chi connectivity index (χ0n) is 13.8. The summed E-state index contributed by atoms with van der Waals surface area (Å²) < 4.78 is 1.97. The normalized spacial score (nSPS) is 13.4. The van der Waals surface area contributed by atoms with Gasteiger partial charge in [0.05, 0.1) is 11.3 Å². The maximum absolute atomic E-state index is 12.3. The van der Waals surface area contributed by atoms with E-state index in [0.717, 1.165) is 48.8 Å². The molecule has 24 heavy (non-hydrogen) atoms. The third kappa shape index (κ3) is 3.32. The molecule has 0 aliphatic heterocycles. The Hall–Kier alpha value is -1.85. The number of amides is 1. The van der Waals surface area contributed by atoms with Crippen molar-refractivity contribution in [2.45, 2.75) is 51.2 Å². The molecule has 0 saturated heterocycles. The Bertz CT molecular complexity index is 802. The monoisotopic (exact) mass is 361 g/mol. The Balaban J connectivity index is 1.67. The number of hydrogen-bond donors (Lipinski definition) is 1. The molecule has 1 amide bonds. The first kappa shape index (κ1) is 17.0. The van der Waals surface area contributed by atoms with Gasteiger partial charge in [-0.2, -0.15) is 5.26 Å². The fraction of sp³-hybridized carbons (Fsp3) is 0.500. The van der Waals surface area contributed by atoms with Gasteiger partial charge < -0.3 is 9.88 Å². The summed E-state index contributed by atoms with van der Waals surface area (Å²) in [5, 5.41) is 21.9. The maximum Gasteiger partial charge on any atom is 0.235 e. The number of rotatable bonds is 5. The molecule has 8 heteroatoms. The van der Waals surface area contributed by atoms with Crippen LogP contribution in [0, 0.1) is 18.3 Å². The van der Waals surface area contributed by atoms with Crippen LogP contribution in [-0.2, 0) is 24.2 Å². The van der Waals surface area contributed by atoms with Gasteiger partial charge in [-0.25, -0.2) is 0 Å². The quantitative estimate of drug-likeness (QED) is 0.827. The number of carbonyl (C=O) groups is 1. The minimum absolute atomic E-state index is 0.113. The highest BCUT2D eigenvalue weighted by atomic mass is 32.2. The van der Waals surface area contributed by atoms with E-state index < -0.39 is 0 Å². The number of carbonyl (C=O) groups excluding carboxylic acids is 1. The minimum Gasteiger partial charge on any atom is -0.316 e. The van der Waals surface area contributed by atoms with Crippen molar-refractivity contribution in [3.63, 3.8) is 0 Å². The van der Waals surface area contributed by atoms with Gasteiger partial charge in [-0.05, 0) is 45.1 Å². The summed E-state index contributed by atoms with van der Waals surface area (Å²) in [4.78, 5) is 13.5. The van der Waals surface area contributed by atoms with Crippen LogP contribution in [0.5, 0.6) is 0 Å². The zero-order chi connectivity index (χ0) is 17.1. The second-order valence-corrected chi connectivity index (χ2v) is 7.69. The zero-order valence-corrected chi connectivity index (χ0v) is 15.4. The number of aromatic nitrogens is 3. The summed E-state index contributed by atoms with van der Waals surface area (Å²) in [6.07, 6.45) is 4.23. The maximum atomic E-state index is 12.3. The summed E-state index contributed by atoms with van der Waals surface area (Å²) >= 11 is 2.92. The van der Waals surface area contributed by atoms with Crippen LogP contribution in [0.1, 0.15) is 41.6 Å². The smallest absolute Gasteiger partial charge is 0.235 e. The van der Waals surface area contributed by atoms with Gasteiger partial charge >= 0.3 is 0 Å². The van der Waals surface area contributed by atoms with Gasteiger partial charge in [0.1, 0.15) is 16.9 Å². The number of thioether (sulfide) groups is 1. The first-order valence-corrected chi connectivity index (χ1v) is 9.81. The molecule has 1 aliphatic carbocycles. The van der Waals surface area contributed by atoms with E-state index in [2.05, 4.69) is 21.6 Å². The number of nitrogens with zero attached hydrogens (tertiary/aromatic N) is 4. The second kappa shape index (κ2) is 7.36. The van der Waals surface area contributed by atoms with E-state index in [1.807, 2.05) is 18.4 Å². The Morgan fingerprint density at radius 1 is 1.42 bits per heavy atom. The van der Waals surface area contributed by atoms with Crippen molar-refractivity contribution in [2.75, 3.05) is 11.1 Å². The van der Waals surface area contributed by atoms with E-state index in [9.17, 15) is 10.1 Å². The first-order chi connectivity index (χ1) is 11.6. The molecule has 0 spiro atoms. The molecular weight excluding hydrogens is 342 g/mol. The van der Waals surface area contributed by atoms with Gasteiger partial charge in [0.25, 0.3) is 0 Å². The van der Waals surface area contributed by atoms with Crippen molar-refractivity contribution >= 4 is 34.0 Å². The molecule has 1 N–H and O–H groups in total. The highest BCUT2D eigenvalue weighted by Gasteiger charge is 2.22. The van der Waals surface area contributed by atoms with Crippen LogP contribution < -0.4 is 5.32 Å². The number of nitrogens with one attached hydrogen (secondary N) is 1. The lowest BCUT2D eigenvalue weighted by Crippen LogP contribution is -2.14. The van der Waals surface area contributed by atoms with E-state index in [1.165, 1.54) is 16.6 Å². The van der Waals surface area contributed by atoms with Crippen LogP contribution in [-0.4, -0.2) is 26.4 Å². The van der Waals surface area contributed by atoms with Gasteiger partial charge in [0.2, 0.25) is 5.91 Å². The predicted octanol–water partition coefficient (Wildman–Crippen LogP) is 3.15. The molecule has 1 aliphatic rings. The largest absolute Gasteiger partial charge is 0.316 e. The first-order valence-electron chi connectivity index (χ1n) is 8.01. The van der Waals surface area contributed by atoms with Crippen molar-refractivity contribution < 1.29 is 4.79 Å². The molecule has 0 radical (unpaired) electrons. The van der Waals surface area contributed by atoms with Crippen molar-refractivity contribution in [1.82, 2.24) is 14.8 Å². The fourth-order valence-corrected chi connectivity index (χ4v) is 5.00. The molecule has 0 fully saturated rings. The average Bonchev–Trinajstić information content (AvgIpc) is 3.12. The Morgan fingerprint density at radius 3 is 2.96 bits per heavy atom. The highest BCUT2D eigenvalue weighted by Crippen LogP contribution is 2.37. The van der Waals surface area contributed by atoms with Crippen LogP contribution in [0.15, 0.2) is 5.16 Å². The molecule has 0 atom stereocenters. The third-order valence-electron chi connectivity index (χ3n) is 4.09. The van der Waals surface area contributed by atoms with Crippen LogP contribution in [0.2, 0.25) is 0 Å². The Kier molecular flexibility index (Phi) is 5.21. The number of aryl methyl sites for hydroxylation is 2. The lowest BCUT2D eigenvalue weighted by Gasteiger charge is -2.09. The lowest BCUT2D eigenvalue weighted by molar-refractivity contribution is -0.113. The van der Waals surface area contributed by atoms with E-state index in [0.29, 0.717) is 10.6 Å². The molecule has 3 rings (SSSR count). The Morgan fingerprint density at radius 2 is 2.21 bits per heavy atom. The number of thiophene rings is 1. The molecule has 6 nitrogen and oxygen atoms in total. The van der Waals surface area contributed by atoms with Crippen LogP contribution in [0.25, 0.3) is 0 Å². The van der Waals surface area contributed by atoms with Crippen molar-refractivity contribution in [1.29, 1.82) is 5.26 Å². The predicted molar refractivity (Wildman–Crippen MR) is 95.5 cm³/mol. The van der Waals surface area contributed by atoms with Gasteiger partial charge in [-0.15, -0.1) is 21.5 Å². The SMILES string of the molecule is CCn1c(C)nnc1SCC(=O)Nc1sc2c(c1C#N)CCCC2. The summed E-state index contributed by atoms with van der Waals surface area (Å²) in [7, 11) is 0. The number of fused-ring (bicyclic) bond motifs is 1. The second-order valence-electron chi connectivity index (χ2n) is 5.64. The standard InChI is InChI=1S/C16H19N5OS2/c1-3-21-10(2)19-20-16(21)23-9-14(22)18-15-12(8-17)11-6-4-5-7-13(11)24-15/h3-7,9H2,1-2H3,(H,18,22). The molecule has 2 heterocycles. The van der Waals surface area contributed by atoms with Gasteiger partial charge in [-0.1, -0.05) is 11.8 Å². The van der Waals surface area contributed by atoms with E-state index >= 15 is 0 Å². The molecule has 0 bridgehead atoms. The van der Waals surface area contributed by atoms with Crippen LogP contribution in [0.4, 0.5) is 5.00 Å². The van der Waals surface area contributed by atoms with E-state index in [4.69, 9.17) is 0 Å². The molecule has 0 unspecified atom stereocenters. The topological polar surface area (TPSA) is 83.6 Å². The summed E-state index contributed by atoms with van der Waals surface area (Å²) in [5.74, 6) is 0.988. The highest BCUT2D eigenvalue weighted by molar-refractivity contribution is 7.99. The molecule has 0 aromatic carbocycles. The van der Waals surface area contributed by atoms with Gasteiger partial charge in [0.15, 0.2) is 5.16 Å². The number of nitriles is 1. The van der Waals surface area contributed by atoms with Crippen LogP contribution >= 0.6 is 23.1 Å². The van der Waals surface area contributed by atoms with E-state index in [1.54, 1.807) is 11.3 Å². The van der Waals surface area contributed by atoms with Crippen molar-refractivity contribution in [3.05, 3.63) is 21.8 Å². The van der Waals surface area contributed by atoms with Crippen LogP contribution in [0.3, 0.4) is 0 Å². The summed E-state index contributed by atoms with van der Waals surface area (Å²) in [5.41, 5.74) is 1.79. The molecular formula is C16H19N5OS2. The summed E-state index contributed by atoms with van der Waals surface area (Å²) in [6.45, 7) is 4.70. The van der Waals surface area contributed by atoms with Crippen molar-refractivity contribution in [2.24, 2.45) is 0 Å². The molecule has 0 saturated carbocycles. The summed E-state index contributed by atoms with van der Waals surface area (Å²) in [6, 6.07) is 2.27. The van der Waals surface area contributed by atoms with Gasteiger partial charge in [0, 0.05) is 11.4 Å². The van der Waals surface area contributed by atoms with E-state index in [-0.39, 0.29) is 11.7 Å². The average molecular weight is 361 g/mol. The fourth-order valence-electron chi connectivity index (χ4n) is 2.90. The molecule has 2 aromatic rings. The number of hydrogen-bond acceptors (Lipinski definition) is 6. The molecule has 126 valence electrons. The minimum atomic E-state index is -0.113.